The molecule has 166 valence electrons. The Labute approximate surface area is 190 Å². The number of benzene rings is 2. The summed E-state index contributed by atoms with van der Waals surface area (Å²) in [5.74, 6) is -0.841. The number of halogens is 3. The van der Waals surface area contributed by atoms with Crippen molar-refractivity contribution in [2.45, 2.75) is 24.7 Å². The van der Waals surface area contributed by atoms with Gasteiger partial charge in [-0.2, -0.15) is 0 Å². The van der Waals surface area contributed by atoms with E-state index in [0.717, 1.165) is 37.1 Å². The van der Waals surface area contributed by atoms with Gasteiger partial charge in [-0.25, -0.2) is 9.18 Å². The second kappa shape index (κ2) is 9.33. The Bertz CT molecular complexity index is 956. The summed E-state index contributed by atoms with van der Waals surface area (Å²) in [5, 5.41) is 10.4. The normalized spacial score (nSPS) is 17.9. The van der Waals surface area contributed by atoms with Gasteiger partial charge in [0.15, 0.2) is 0 Å². The summed E-state index contributed by atoms with van der Waals surface area (Å²) in [6, 6.07) is 8.18. The van der Waals surface area contributed by atoms with Crippen molar-refractivity contribution in [1.29, 1.82) is 0 Å². The van der Waals surface area contributed by atoms with Crippen LogP contribution in [0.1, 0.15) is 46.2 Å². The van der Waals surface area contributed by atoms with Crippen LogP contribution in [0.4, 0.5) is 4.39 Å². The summed E-state index contributed by atoms with van der Waals surface area (Å²) < 4.78 is 25.5. The van der Waals surface area contributed by atoms with Gasteiger partial charge in [0.1, 0.15) is 18.3 Å². The fourth-order valence-corrected chi connectivity index (χ4v) is 4.72. The van der Waals surface area contributed by atoms with Gasteiger partial charge in [0.05, 0.1) is 12.2 Å². The third-order valence-electron chi connectivity index (χ3n) is 5.96. The molecule has 1 unspecified atom stereocenters. The summed E-state index contributed by atoms with van der Waals surface area (Å²) in [6.45, 7) is 2.47. The van der Waals surface area contributed by atoms with Crippen LogP contribution in [0.3, 0.4) is 0 Å². The molecule has 1 aliphatic carbocycles. The molecule has 2 aliphatic rings. The first-order valence-electron chi connectivity index (χ1n) is 10.2. The maximum atomic E-state index is 14.2. The van der Waals surface area contributed by atoms with Crippen LogP contribution < -0.4 is 4.74 Å². The van der Waals surface area contributed by atoms with Gasteiger partial charge in [0, 0.05) is 42.2 Å². The largest absolute Gasteiger partial charge is 0.478 e. The molecule has 4 rings (SSSR count). The average molecular weight is 468 g/mol. The number of rotatable bonds is 9. The second-order valence-corrected chi connectivity index (χ2v) is 9.16. The summed E-state index contributed by atoms with van der Waals surface area (Å²) in [4.78, 5) is 13.4. The smallest absolute Gasteiger partial charge is 0.338 e. The van der Waals surface area contributed by atoms with E-state index < -0.39 is 11.8 Å². The molecular weight excluding hydrogens is 444 g/mol. The van der Waals surface area contributed by atoms with Crippen LogP contribution in [0.15, 0.2) is 30.3 Å². The van der Waals surface area contributed by atoms with E-state index in [9.17, 15) is 14.3 Å². The van der Waals surface area contributed by atoms with Crippen molar-refractivity contribution in [3.8, 4) is 5.75 Å². The van der Waals surface area contributed by atoms with Gasteiger partial charge in [0.2, 0.25) is 0 Å². The maximum absolute atomic E-state index is 14.2. The molecule has 2 fully saturated rings. The van der Waals surface area contributed by atoms with Crippen molar-refractivity contribution in [2.75, 3.05) is 33.5 Å². The zero-order valence-electron chi connectivity index (χ0n) is 17.1. The van der Waals surface area contributed by atoms with Crippen molar-refractivity contribution in [2.24, 2.45) is 5.92 Å². The third kappa shape index (κ3) is 5.14. The molecule has 0 amide bonds. The number of nitrogens with zero attached hydrogens (tertiary/aromatic N) is 1. The van der Waals surface area contributed by atoms with Crippen molar-refractivity contribution in [1.82, 2.24) is 4.90 Å². The van der Waals surface area contributed by atoms with Crippen LogP contribution in [-0.4, -0.2) is 49.5 Å². The highest BCUT2D eigenvalue weighted by molar-refractivity contribution is 6.34. The fourth-order valence-electron chi connectivity index (χ4n) is 4.18. The van der Waals surface area contributed by atoms with E-state index in [1.165, 1.54) is 12.1 Å². The highest BCUT2D eigenvalue weighted by atomic mass is 35.5. The molecule has 1 heterocycles. The first-order chi connectivity index (χ1) is 14.9. The van der Waals surface area contributed by atoms with E-state index in [0.29, 0.717) is 35.1 Å². The predicted octanol–water partition coefficient (Wildman–Crippen LogP) is 5.41. The zero-order valence-corrected chi connectivity index (χ0v) is 18.6. The standard InChI is InChI=1S/C23H24Cl2FNO4/c1-30-11-20(14-4-16(24)6-17(25)5-14)15-9-27(10-15)12-31-22-8-21(26)19(23(28)29)7-18(22)13-2-3-13/h4-8,13,15,20H,2-3,9-12H2,1H3,(H,28,29). The number of aromatic carboxylic acids is 1. The van der Waals surface area contributed by atoms with Crippen molar-refractivity contribution >= 4 is 29.2 Å². The molecule has 1 atom stereocenters. The Kier molecular flexibility index (Phi) is 6.72. The molecule has 0 spiro atoms. The van der Waals surface area contributed by atoms with Crippen molar-refractivity contribution in [3.63, 3.8) is 0 Å². The predicted molar refractivity (Wildman–Crippen MR) is 117 cm³/mol. The van der Waals surface area contributed by atoms with E-state index in [1.807, 2.05) is 12.1 Å². The van der Waals surface area contributed by atoms with Gasteiger partial charge in [-0.05, 0) is 60.1 Å². The number of hydrogen-bond acceptors (Lipinski definition) is 4. The maximum Gasteiger partial charge on any atom is 0.338 e. The molecule has 1 saturated heterocycles. The van der Waals surface area contributed by atoms with Crippen LogP contribution in [0.2, 0.25) is 10.0 Å². The molecule has 0 radical (unpaired) electrons. The first-order valence-corrected chi connectivity index (χ1v) is 11.0. The molecule has 0 bridgehead atoms. The fraction of sp³-hybridized carbons (Fsp3) is 0.435. The van der Waals surface area contributed by atoms with Crippen LogP contribution in [0.5, 0.6) is 5.75 Å². The lowest BCUT2D eigenvalue weighted by atomic mass is 9.81. The number of methoxy groups -OCH3 is 1. The van der Waals surface area contributed by atoms with Crippen LogP contribution in [0.25, 0.3) is 0 Å². The minimum absolute atomic E-state index is 0.159. The second-order valence-electron chi connectivity index (χ2n) is 8.28. The van der Waals surface area contributed by atoms with Gasteiger partial charge in [-0.3, -0.25) is 4.90 Å². The highest BCUT2D eigenvalue weighted by Gasteiger charge is 2.35. The summed E-state index contributed by atoms with van der Waals surface area (Å²) >= 11 is 12.3. The molecule has 1 saturated carbocycles. The SMILES string of the molecule is COCC(c1cc(Cl)cc(Cl)c1)C1CN(COc2cc(F)c(C(=O)O)cc2C2CC2)C1. The van der Waals surface area contributed by atoms with E-state index in [4.69, 9.17) is 32.7 Å². The summed E-state index contributed by atoms with van der Waals surface area (Å²) in [7, 11) is 1.67. The highest BCUT2D eigenvalue weighted by Crippen LogP contribution is 2.45. The number of ether oxygens (including phenoxy) is 2. The topological polar surface area (TPSA) is 59.0 Å². The zero-order chi connectivity index (χ0) is 22.1. The third-order valence-corrected chi connectivity index (χ3v) is 6.40. The minimum Gasteiger partial charge on any atom is -0.478 e. The number of carboxylic acid groups (broad SMARTS) is 1. The Balaban J connectivity index is 1.40. The van der Waals surface area contributed by atoms with Gasteiger partial charge in [-0.15, -0.1) is 0 Å². The monoisotopic (exact) mass is 467 g/mol. The Morgan fingerprint density at radius 1 is 1.19 bits per heavy atom. The summed E-state index contributed by atoms with van der Waals surface area (Å²) in [6.07, 6.45) is 1.93. The van der Waals surface area contributed by atoms with Crippen molar-refractivity contribution < 1.29 is 23.8 Å². The molecular formula is C23H24Cl2FNO4. The van der Waals surface area contributed by atoms with E-state index in [-0.39, 0.29) is 17.4 Å². The van der Waals surface area contributed by atoms with Crippen LogP contribution >= 0.6 is 23.2 Å². The molecule has 0 aromatic heterocycles. The molecule has 8 heteroatoms. The molecule has 2 aromatic rings. The quantitative estimate of drug-likeness (QED) is 0.534. The lowest BCUT2D eigenvalue weighted by molar-refractivity contribution is -0.0000471. The van der Waals surface area contributed by atoms with E-state index >= 15 is 0 Å². The Hall–Kier alpha value is -1.86. The van der Waals surface area contributed by atoms with Crippen LogP contribution in [0, 0.1) is 11.7 Å². The van der Waals surface area contributed by atoms with Crippen molar-refractivity contribution in [3.05, 3.63) is 62.9 Å². The average Bonchev–Trinajstić information content (AvgIpc) is 3.50. The number of carbonyl (C=O) groups is 1. The van der Waals surface area contributed by atoms with Gasteiger partial charge >= 0.3 is 5.97 Å². The van der Waals surface area contributed by atoms with Crippen LogP contribution in [-0.2, 0) is 4.74 Å². The number of hydrogen-bond donors (Lipinski definition) is 1. The van der Waals surface area contributed by atoms with Gasteiger partial charge in [0.25, 0.3) is 0 Å². The summed E-state index contributed by atoms with van der Waals surface area (Å²) in [5.41, 5.74) is 1.52. The molecule has 1 N–H and O–H groups in total. The first kappa shape index (κ1) is 22.3. The molecule has 2 aromatic carbocycles. The number of likely N-dealkylation sites (tertiary alicyclic amines) is 1. The number of carboxylic acids is 1. The lowest BCUT2D eigenvalue weighted by Gasteiger charge is -2.43. The molecule has 1 aliphatic heterocycles. The van der Waals surface area contributed by atoms with Gasteiger partial charge in [-0.1, -0.05) is 23.2 Å². The van der Waals surface area contributed by atoms with Gasteiger partial charge < -0.3 is 14.6 Å². The molecule has 31 heavy (non-hydrogen) atoms. The molecule has 5 nitrogen and oxygen atoms in total. The van der Waals surface area contributed by atoms with E-state index in [1.54, 1.807) is 13.2 Å². The Morgan fingerprint density at radius 3 is 2.45 bits per heavy atom. The minimum atomic E-state index is -1.26. The lowest BCUT2D eigenvalue weighted by Crippen LogP contribution is -2.51. The van der Waals surface area contributed by atoms with E-state index in [2.05, 4.69) is 4.90 Å². The Morgan fingerprint density at radius 2 is 1.87 bits per heavy atom.